The van der Waals surface area contributed by atoms with Gasteiger partial charge in [0.2, 0.25) is 5.91 Å². The summed E-state index contributed by atoms with van der Waals surface area (Å²) in [5, 5.41) is 5.99. The van der Waals surface area contributed by atoms with E-state index in [1.54, 1.807) is 7.11 Å². The molecule has 0 bridgehead atoms. The molecule has 0 radical (unpaired) electrons. The minimum absolute atomic E-state index is 0.0249. The maximum atomic E-state index is 11.7. The van der Waals surface area contributed by atoms with Crippen LogP contribution in [0.25, 0.3) is 0 Å². The van der Waals surface area contributed by atoms with Crippen molar-refractivity contribution >= 4 is 43.5 Å². The summed E-state index contributed by atoms with van der Waals surface area (Å²) in [6.07, 6.45) is 0.918. The highest BCUT2D eigenvalue weighted by Gasteiger charge is 2.09. The number of benzene rings is 1. The van der Waals surface area contributed by atoms with Crippen molar-refractivity contribution in [1.29, 1.82) is 0 Å². The molecule has 0 fully saturated rings. The van der Waals surface area contributed by atoms with Crippen molar-refractivity contribution in [2.75, 3.05) is 19.0 Å². The normalized spacial score (nSPS) is 11.8. The van der Waals surface area contributed by atoms with Gasteiger partial charge in [0, 0.05) is 16.6 Å². The molecule has 0 heterocycles. The third-order valence-corrected chi connectivity index (χ3v) is 3.98. The Hall–Kier alpha value is -0.750. The lowest BCUT2D eigenvalue weighted by Gasteiger charge is -2.14. The van der Waals surface area contributed by atoms with Gasteiger partial charge in [-0.2, -0.15) is 0 Å². The SMILES string of the molecule is CCC(C)NC(=O)CNc1cc(OC)c(Br)cc1Br. The lowest BCUT2D eigenvalue weighted by molar-refractivity contribution is -0.120. The highest BCUT2D eigenvalue weighted by atomic mass is 79.9. The van der Waals surface area contributed by atoms with Gasteiger partial charge in [-0.3, -0.25) is 4.79 Å². The smallest absolute Gasteiger partial charge is 0.239 e. The Labute approximate surface area is 130 Å². The zero-order valence-electron chi connectivity index (χ0n) is 11.2. The van der Waals surface area contributed by atoms with Crippen LogP contribution >= 0.6 is 31.9 Å². The maximum Gasteiger partial charge on any atom is 0.239 e. The fourth-order valence-electron chi connectivity index (χ4n) is 1.42. The van der Waals surface area contributed by atoms with Crippen molar-refractivity contribution in [2.24, 2.45) is 0 Å². The van der Waals surface area contributed by atoms with Gasteiger partial charge in [-0.05, 0) is 51.3 Å². The molecule has 19 heavy (non-hydrogen) atoms. The van der Waals surface area contributed by atoms with E-state index in [0.29, 0.717) is 5.75 Å². The number of carbonyl (C=O) groups is 1. The van der Waals surface area contributed by atoms with Crippen LogP contribution in [0.1, 0.15) is 20.3 Å². The minimum Gasteiger partial charge on any atom is -0.495 e. The number of hydrogen-bond donors (Lipinski definition) is 2. The predicted octanol–water partition coefficient (Wildman–Crippen LogP) is 3.55. The molecular formula is C13H18Br2N2O2. The van der Waals surface area contributed by atoms with Gasteiger partial charge in [-0.1, -0.05) is 6.92 Å². The molecule has 1 unspecified atom stereocenters. The lowest BCUT2D eigenvalue weighted by Crippen LogP contribution is -2.36. The Morgan fingerprint density at radius 1 is 1.37 bits per heavy atom. The molecule has 0 aliphatic carbocycles. The number of anilines is 1. The molecule has 0 spiro atoms. The fraction of sp³-hybridized carbons (Fsp3) is 0.462. The van der Waals surface area contributed by atoms with Crippen LogP contribution in [0, 0.1) is 0 Å². The molecule has 1 rings (SSSR count). The summed E-state index contributed by atoms with van der Waals surface area (Å²) < 4.78 is 6.95. The first-order chi connectivity index (χ1) is 8.97. The van der Waals surface area contributed by atoms with Crippen LogP contribution in [0.5, 0.6) is 5.75 Å². The number of methoxy groups -OCH3 is 1. The Kier molecular flexibility index (Phi) is 6.65. The summed E-state index contributed by atoms with van der Waals surface area (Å²) in [5.41, 5.74) is 0.819. The highest BCUT2D eigenvalue weighted by molar-refractivity contribution is 9.11. The highest BCUT2D eigenvalue weighted by Crippen LogP contribution is 2.34. The summed E-state index contributed by atoms with van der Waals surface area (Å²) in [5.74, 6) is 0.691. The van der Waals surface area contributed by atoms with Crippen LogP contribution in [0.2, 0.25) is 0 Å². The van der Waals surface area contributed by atoms with Crippen molar-refractivity contribution in [3.8, 4) is 5.75 Å². The summed E-state index contributed by atoms with van der Waals surface area (Å²) in [6.45, 7) is 4.25. The van der Waals surface area contributed by atoms with Crippen LogP contribution in [-0.2, 0) is 4.79 Å². The Bertz CT molecular complexity index is 453. The number of nitrogens with one attached hydrogen (secondary N) is 2. The number of amides is 1. The Morgan fingerprint density at radius 2 is 2.05 bits per heavy atom. The standard InChI is InChI=1S/C13H18Br2N2O2/c1-4-8(2)17-13(18)7-16-11-6-12(19-3)10(15)5-9(11)14/h5-6,8,16H,4,7H2,1-3H3,(H,17,18). The van der Waals surface area contributed by atoms with E-state index in [0.717, 1.165) is 21.1 Å². The van der Waals surface area contributed by atoms with Gasteiger partial charge >= 0.3 is 0 Å². The van der Waals surface area contributed by atoms with Gasteiger partial charge in [0.1, 0.15) is 5.75 Å². The van der Waals surface area contributed by atoms with Crippen LogP contribution < -0.4 is 15.4 Å². The largest absolute Gasteiger partial charge is 0.495 e. The monoisotopic (exact) mass is 392 g/mol. The second-order valence-electron chi connectivity index (χ2n) is 4.20. The van der Waals surface area contributed by atoms with E-state index in [9.17, 15) is 4.79 Å². The average molecular weight is 394 g/mol. The van der Waals surface area contributed by atoms with E-state index in [1.165, 1.54) is 0 Å². The summed E-state index contributed by atoms with van der Waals surface area (Å²) in [7, 11) is 1.60. The van der Waals surface area contributed by atoms with E-state index in [4.69, 9.17) is 4.74 Å². The third-order valence-electron chi connectivity index (χ3n) is 2.70. The van der Waals surface area contributed by atoms with Crippen LogP contribution in [-0.4, -0.2) is 25.6 Å². The molecule has 1 amide bonds. The molecule has 0 saturated heterocycles. The molecular weight excluding hydrogens is 376 g/mol. The van der Waals surface area contributed by atoms with Crippen molar-refractivity contribution < 1.29 is 9.53 Å². The summed E-state index contributed by atoms with van der Waals surface area (Å²) >= 11 is 6.85. The molecule has 4 nitrogen and oxygen atoms in total. The van der Waals surface area contributed by atoms with Crippen molar-refractivity contribution in [3.05, 3.63) is 21.1 Å². The maximum absolute atomic E-state index is 11.7. The van der Waals surface area contributed by atoms with E-state index in [2.05, 4.69) is 42.5 Å². The first kappa shape index (κ1) is 16.3. The molecule has 0 aliphatic heterocycles. The molecule has 1 aromatic carbocycles. The minimum atomic E-state index is -0.0249. The number of carbonyl (C=O) groups excluding carboxylic acids is 1. The average Bonchev–Trinajstić information content (AvgIpc) is 2.37. The van der Waals surface area contributed by atoms with Gasteiger partial charge in [0.05, 0.1) is 23.8 Å². The van der Waals surface area contributed by atoms with E-state index in [1.807, 2.05) is 26.0 Å². The molecule has 0 aromatic heterocycles. The number of rotatable bonds is 6. The number of hydrogen-bond acceptors (Lipinski definition) is 3. The second kappa shape index (κ2) is 7.75. The quantitative estimate of drug-likeness (QED) is 0.776. The fourth-order valence-corrected chi connectivity index (χ4v) is 2.72. The van der Waals surface area contributed by atoms with Gasteiger partial charge in [0.15, 0.2) is 0 Å². The van der Waals surface area contributed by atoms with Gasteiger partial charge in [-0.25, -0.2) is 0 Å². The molecule has 1 atom stereocenters. The molecule has 106 valence electrons. The molecule has 0 saturated carbocycles. The topological polar surface area (TPSA) is 50.4 Å². The second-order valence-corrected chi connectivity index (χ2v) is 5.91. The zero-order chi connectivity index (χ0) is 14.4. The number of halogens is 2. The molecule has 6 heteroatoms. The van der Waals surface area contributed by atoms with E-state index < -0.39 is 0 Å². The summed E-state index contributed by atoms with van der Waals surface area (Å²) in [6, 6.07) is 3.91. The van der Waals surface area contributed by atoms with E-state index in [-0.39, 0.29) is 18.5 Å². The number of ether oxygens (including phenoxy) is 1. The van der Waals surface area contributed by atoms with Crippen molar-refractivity contribution in [3.63, 3.8) is 0 Å². The van der Waals surface area contributed by atoms with Gasteiger partial charge < -0.3 is 15.4 Å². The molecule has 0 aliphatic rings. The first-order valence-electron chi connectivity index (χ1n) is 6.04. The zero-order valence-corrected chi connectivity index (χ0v) is 14.4. The van der Waals surface area contributed by atoms with E-state index >= 15 is 0 Å². The van der Waals surface area contributed by atoms with Crippen LogP contribution in [0.3, 0.4) is 0 Å². The van der Waals surface area contributed by atoms with Gasteiger partial charge in [0.25, 0.3) is 0 Å². The predicted molar refractivity (Wildman–Crippen MR) is 84.8 cm³/mol. The third kappa shape index (κ3) is 5.03. The summed E-state index contributed by atoms with van der Waals surface area (Å²) in [4.78, 5) is 11.7. The van der Waals surface area contributed by atoms with Crippen molar-refractivity contribution in [1.82, 2.24) is 5.32 Å². The molecule has 1 aromatic rings. The Morgan fingerprint density at radius 3 is 2.63 bits per heavy atom. The first-order valence-corrected chi connectivity index (χ1v) is 7.62. The van der Waals surface area contributed by atoms with Crippen LogP contribution in [0.15, 0.2) is 21.1 Å². The van der Waals surface area contributed by atoms with Gasteiger partial charge in [-0.15, -0.1) is 0 Å². The van der Waals surface area contributed by atoms with Crippen LogP contribution in [0.4, 0.5) is 5.69 Å². The lowest BCUT2D eigenvalue weighted by atomic mass is 10.2. The Balaban J connectivity index is 2.65. The molecule has 2 N–H and O–H groups in total. The van der Waals surface area contributed by atoms with Crippen molar-refractivity contribution in [2.45, 2.75) is 26.3 Å².